The van der Waals surface area contributed by atoms with Gasteiger partial charge in [-0.25, -0.2) is 4.18 Å². The van der Waals surface area contributed by atoms with Crippen LogP contribution in [0.4, 0.5) is 0 Å². The second kappa shape index (κ2) is 20.9. The molecule has 0 spiro atoms. The SMILES string of the molecule is CC=Cc1ccc(OC)cc1.CCCCCCCCCCCCOS(=O)(=O)O.[NaH]. The minimum absolute atomic E-state index is 0. The van der Waals surface area contributed by atoms with Crippen LogP contribution in [0.15, 0.2) is 30.3 Å². The van der Waals surface area contributed by atoms with Gasteiger partial charge in [0.05, 0.1) is 13.7 Å². The van der Waals surface area contributed by atoms with Crippen molar-refractivity contribution in [2.45, 2.75) is 78.1 Å². The van der Waals surface area contributed by atoms with Crippen molar-refractivity contribution < 1.29 is 21.9 Å². The van der Waals surface area contributed by atoms with Gasteiger partial charge in [0.15, 0.2) is 0 Å². The third-order valence-electron chi connectivity index (χ3n) is 4.21. The molecule has 0 aliphatic rings. The molecule has 0 unspecified atom stereocenters. The second-order valence-corrected chi connectivity index (χ2v) is 7.80. The van der Waals surface area contributed by atoms with Crippen molar-refractivity contribution in [3.05, 3.63) is 35.9 Å². The molecule has 0 radical (unpaired) electrons. The van der Waals surface area contributed by atoms with Gasteiger partial charge < -0.3 is 4.74 Å². The summed E-state index contributed by atoms with van der Waals surface area (Å²) in [5, 5.41) is 0. The molecule has 0 bridgehead atoms. The van der Waals surface area contributed by atoms with Crippen LogP contribution in [-0.2, 0) is 14.6 Å². The Balaban J connectivity index is 0. The van der Waals surface area contributed by atoms with Gasteiger partial charge in [0.2, 0.25) is 0 Å². The van der Waals surface area contributed by atoms with Crippen molar-refractivity contribution in [2.24, 2.45) is 0 Å². The van der Waals surface area contributed by atoms with Gasteiger partial charge in [0.25, 0.3) is 0 Å². The van der Waals surface area contributed by atoms with Crippen molar-refractivity contribution in [1.82, 2.24) is 0 Å². The van der Waals surface area contributed by atoms with Gasteiger partial charge in [0, 0.05) is 0 Å². The maximum atomic E-state index is 10.2. The molecule has 0 heterocycles. The molecule has 7 heteroatoms. The molecule has 0 aromatic heterocycles. The number of unbranched alkanes of at least 4 members (excludes halogenated alkanes) is 9. The molecular formula is C22H39NaO5S. The third kappa shape index (κ3) is 22.1. The van der Waals surface area contributed by atoms with E-state index in [2.05, 4.69) is 17.2 Å². The van der Waals surface area contributed by atoms with E-state index in [0.29, 0.717) is 6.42 Å². The normalized spacial score (nSPS) is 10.9. The van der Waals surface area contributed by atoms with Crippen LogP contribution >= 0.6 is 0 Å². The number of hydrogen-bond acceptors (Lipinski definition) is 4. The number of ether oxygens (including phenoxy) is 1. The molecule has 164 valence electrons. The van der Waals surface area contributed by atoms with Crippen molar-refractivity contribution in [3.8, 4) is 5.75 Å². The van der Waals surface area contributed by atoms with Crippen LogP contribution in [0.1, 0.15) is 83.6 Å². The van der Waals surface area contributed by atoms with E-state index in [1.165, 1.54) is 50.5 Å². The standard InChI is InChI=1S/C12H26O4S.C10H12O.Na.H/c1-2-3-4-5-6-7-8-9-10-11-12-16-17(13,14)15;1-3-4-9-5-7-10(11-2)8-6-9;;/h2-12H2,1H3,(H,13,14,15);3-8H,1-2H3;;. The Labute approximate surface area is 200 Å². The Morgan fingerprint density at radius 1 is 0.897 bits per heavy atom. The Kier molecular flexibility index (Phi) is 22.2. The average molecular weight is 439 g/mol. The summed E-state index contributed by atoms with van der Waals surface area (Å²) in [4.78, 5) is 0. The molecule has 29 heavy (non-hydrogen) atoms. The summed E-state index contributed by atoms with van der Waals surface area (Å²) in [7, 11) is -2.56. The van der Waals surface area contributed by atoms with Crippen molar-refractivity contribution in [2.75, 3.05) is 13.7 Å². The zero-order chi connectivity index (χ0) is 21.1. The van der Waals surface area contributed by atoms with Crippen molar-refractivity contribution in [1.29, 1.82) is 0 Å². The van der Waals surface area contributed by atoms with Gasteiger partial charge in [-0.05, 0) is 31.0 Å². The third-order valence-corrected chi connectivity index (χ3v) is 4.67. The molecule has 1 aromatic rings. The number of rotatable bonds is 14. The Morgan fingerprint density at radius 2 is 1.38 bits per heavy atom. The van der Waals surface area contributed by atoms with Crippen LogP contribution < -0.4 is 4.74 Å². The monoisotopic (exact) mass is 438 g/mol. The number of benzene rings is 1. The summed E-state index contributed by atoms with van der Waals surface area (Å²) in [6.45, 7) is 4.31. The van der Waals surface area contributed by atoms with E-state index in [4.69, 9.17) is 9.29 Å². The molecular weight excluding hydrogens is 399 g/mol. The first-order valence-electron chi connectivity index (χ1n) is 10.3. The van der Waals surface area contributed by atoms with Gasteiger partial charge >= 0.3 is 40.0 Å². The van der Waals surface area contributed by atoms with E-state index in [1.54, 1.807) is 7.11 Å². The minimum atomic E-state index is -4.23. The molecule has 5 nitrogen and oxygen atoms in total. The molecule has 0 fully saturated rings. The van der Waals surface area contributed by atoms with Crippen molar-refractivity contribution in [3.63, 3.8) is 0 Å². The fraction of sp³-hybridized carbons (Fsp3) is 0.636. The molecule has 1 aromatic carbocycles. The van der Waals surface area contributed by atoms with Crippen LogP contribution in [-0.4, -0.2) is 56.2 Å². The summed E-state index contributed by atoms with van der Waals surface area (Å²) in [6, 6.07) is 7.96. The molecule has 1 N–H and O–H groups in total. The molecule has 0 aliphatic heterocycles. The zero-order valence-electron chi connectivity index (χ0n) is 17.7. The predicted molar refractivity (Wildman–Crippen MR) is 124 cm³/mol. The van der Waals surface area contributed by atoms with Gasteiger partial charge in [-0.2, -0.15) is 8.42 Å². The van der Waals surface area contributed by atoms with E-state index in [0.717, 1.165) is 18.6 Å². The van der Waals surface area contributed by atoms with Crippen molar-refractivity contribution >= 4 is 46.0 Å². The van der Waals surface area contributed by atoms with Gasteiger partial charge in [0.1, 0.15) is 5.75 Å². The van der Waals surface area contributed by atoms with Gasteiger partial charge in [-0.1, -0.05) is 89.0 Å². The summed E-state index contributed by atoms with van der Waals surface area (Å²) < 4.78 is 38.0. The van der Waals surface area contributed by atoms with E-state index in [9.17, 15) is 8.42 Å². The second-order valence-electron chi connectivity index (χ2n) is 6.70. The summed E-state index contributed by atoms with van der Waals surface area (Å²) in [6.07, 6.45) is 15.9. The first-order chi connectivity index (χ1) is 13.4. The van der Waals surface area contributed by atoms with Crippen LogP contribution in [0.25, 0.3) is 6.08 Å². The molecule has 0 saturated heterocycles. The summed E-state index contributed by atoms with van der Waals surface area (Å²) >= 11 is 0. The van der Waals surface area contributed by atoms with E-state index < -0.39 is 10.4 Å². The molecule has 0 aliphatic carbocycles. The Morgan fingerprint density at radius 3 is 1.79 bits per heavy atom. The molecule has 0 amide bonds. The van der Waals surface area contributed by atoms with Crippen LogP contribution in [0.3, 0.4) is 0 Å². The molecule has 0 atom stereocenters. The Bertz CT molecular complexity index is 600. The molecule has 0 saturated carbocycles. The summed E-state index contributed by atoms with van der Waals surface area (Å²) in [5.41, 5.74) is 1.20. The Hall–Kier alpha value is -0.370. The maximum absolute atomic E-state index is 10.2. The first kappa shape index (κ1) is 30.8. The number of methoxy groups -OCH3 is 1. The van der Waals surface area contributed by atoms with E-state index in [-0.39, 0.29) is 36.2 Å². The number of allylic oxidation sites excluding steroid dienone is 1. The van der Waals surface area contributed by atoms with Crippen LogP contribution in [0, 0.1) is 0 Å². The fourth-order valence-electron chi connectivity index (χ4n) is 2.66. The topological polar surface area (TPSA) is 72.8 Å². The summed E-state index contributed by atoms with van der Waals surface area (Å²) in [5.74, 6) is 0.901. The van der Waals surface area contributed by atoms with Gasteiger partial charge in [-0.3, -0.25) is 4.55 Å². The average Bonchev–Trinajstić information content (AvgIpc) is 2.67. The van der Waals surface area contributed by atoms with Gasteiger partial charge in [-0.15, -0.1) is 0 Å². The van der Waals surface area contributed by atoms with E-state index in [1.807, 2.05) is 37.3 Å². The molecule has 1 rings (SSSR count). The quantitative estimate of drug-likeness (QED) is 0.225. The zero-order valence-corrected chi connectivity index (χ0v) is 18.5. The first-order valence-corrected chi connectivity index (χ1v) is 11.7. The fourth-order valence-corrected chi connectivity index (χ4v) is 2.99. The van der Waals surface area contributed by atoms with E-state index >= 15 is 0 Å². The van der Waals surface area contributed by atoms with Crippen LogP contribution in [0.5, 0.6) is 5.75 Å². The number of hydrogen-bond donors (Lipinski definition) is 1. The predicted octanol–water partition coefficient (Wildman–Crippen LogP) is 5.81. The van der Waals surface area contributed by atoms with Crippen LogP contribution in [0.2, 0.25) is 0 Å².